The van der Waals surface area contributed by atoms with Crippen molar-refractivity contribution in [2.45, 2.75) is 19.1 Å². The highest BCUT2D eigenvalue weighted by Crippen LogP contribution is 2.36. The van der Waals surface area contributed by atoms with Crippen molar-refractivity contribution >= 4 is 40.5 Å². The standard InChI is InChI=1S/C26H22F3N5S.ClH/c27-26(28,29)23-6-5-21-24(32-23)22(20-7-12-35-17-20)15-31-25(21)34-9-2-8-33(10-11-34)16-19-4-1-3-18(13-19)14-30;/h1,3-7,12-13,15,17H,2,8-11,16H2;1H. The molecule has 0 unspecified atom stereocenters. The summed E-state index contributed by atoms with van der Waals surface area (Å²) in [5.74, 6) is 0.661. The van der Waals surface area contributed by atoms with Gasteiger partial charge in [0, 0.05) is 49.9 Å². The van der Waals surface area contributed by atoms with E-state index in [1.54, 1.807) is 12.3 Å². The lowest BCUT2D eigenvalue weighted by Gasteiger charge is -2.24. The molecular weight excluding hydrogens is 507 g/mol. The number of thiophene rings is 1. The van der Waals surface area contributed by atoms with Crippen molar-refractivity contribution in [2.75, 3.05) is 31.1 Å². The molecule has 1 aliphatic heterocycles. The molecule has 4 aromatic rings. The summed E-state index contributed by atoms with van der Waals surface area (Å²) in [4.78, 5) is 13.2. The first kappa shape index (κ1) is 25.9. The first-order valence-corrected chi connectivity index (χ1v) is 12.2. The lowest BCUT2D eigenvalue weighted by molar-refractivity contribution is -0.140. The molecule has 10 heteroatoms. The fraction of sp³-hybridized carbons (Fsp3) is 0.269. The minimum atomic E-state index is -4.52. The summed E-state index contributed by atoms with van der Waals surface area (Å²) in [5, 5.41) is 13.6. The van der Waals surface area contributed by atoms with Crippen LogP contribution in [0.5, 0.6) is 0 Å². The van der Waals surface area contributed by atoms with Gasteiger partial charge < -0.3 is 4.90 Å². The monoisotopic (exact) mass is 529 g/mol. The highest BCUT2D eigenvalue weighted by molar-refractivity contribution is 7.08. The van der Waals surface area contributed by atoms with Crippen molar-refractivity contribution in [3.05, 3.63) is 76.2 Å². The Balaban J connectivity index is 0.00000304. The first-order valence-electron chi connectivity index (χ1n) is 11.3. The number of alkyl halides is 3. The lowest BCUT2D eigenvalue weighted by atomic mass is 10.1. The SMILES string of the molecule is Cl.N#Cc1cccc(CN2CCCN(c3ncc(-c4ccsc4)c4nc(C(F)(F)F)ccc34)CC2)c1. The Morgan fingerprint density at radius 1 is 1.06 bits per heavy atom. The predicted octanol–water partition coefficient (Wildman–Crippen LogP) is 6.38. The van der Waals surface area contributed by atoms with Gasteiger partial charge in [-0.05, 0) is 58.6 Å². The molecule has 0 aliphatic carbocycles. The van der Waals surface area contributed by atoms with Gasteiger partial charge >= 0.3 is 6.18 Å². The Bertz CT molecular complexity index is 1380. The van der Waals surface area contributed by atoms with Crippen molar-refractivity contribution in [2.24, 2.45) is 0 Å². The molecule has 0 bridgehead atoms. The number of rotatable bonds is 4. The normalized spacial score (nSPS) is 14.8. The fourth-order valence-corrected chi connectivity index (χ4v) is 5.13. The minimum absolute atomic E-state index is 0. The number of nitriles is 1. The quantitative estimate of drug-likeness (QED) is 0.307. The van der Waals surface area contributed by atoms with Crippen LogP contribution in [-0.2, 0) is 12.7 Å². The number of fused-ring (bicyclic) bond motifs is 1. The van der Waals surface area contributed by atoms with Gasteiger partial charge in [0.1, 0.15) is 11.5 Å². The zero-order valence-corrected chi connectivity index (χ0v) is 20.8. The van der Waals surface area contributed by atoms with Crippen LogP contribution in [0, 0.1) is 11.3 Å². The molecule has 186 valence electrons. The second kappa shape index (κ2) is 10.8. The van der Waals surface area contributed by atoms with Crippen LogP contribution in [0.2, 0.25) is 0 Å². The van der Waals surface area contributed by atoms with E-state index in [1.807, 2.05) is 35.0 Å². The summed E-state index contributed by atoms with van der Waals surface area (Å²) < 4.78 is 40.4. The molecule has 1 aliphatic rings. The van der Waals surface area contributed by atoms with Gasteiger partial charge in [-0.25, -0.2) is 9.97 Å². The summed E-state index contributed by atoms with van der Waals surface area (Å²) in [6, 6.07) is 14.2. The molecule has 0 N–H and O–H groups in total. The number of benzene rings is 1. The van der Waals surface area contributed by atoms with E-state index in [0.717, 1.165) is 49.8 Å². The number of pyridine rings is 2. The number of anilines is 1. The van der Waals surface area contributed by atoms with Crippen LogP contribution in [-0.4, -0.2) is 41.0 Å². The summed E-state index contributed by atoms with van der Waals surface area (Å²) in [6.45, 7) is 3.84. The molecule has 5 nitrogen and oxygen atoms in total. The van der Waals surface area contributed by atoms with Crippen molar-refractivity contribution in [3.8, 4) is 17.2 Å². The van der Waals surface area contributed by atoms with Crippen LogP contribution in [0.4, 0.5) is 19.0 Å². The molecule has 0 amide bonds. The lowest BCUT2D eigenvalue weighted by Crippen LogP contribution is -2.31. The molecule has 3 aromatic heterocycles. The van der Waals surface area contributed by atoms with Crippen molar-refractivity contribution < 1.29 is 13.2 Å². The number of halogens is 4. The van der Waals surface area contributed by atoms with Crippen LogP contribution in [0.25, 0.3) is 22.0 Å². The van der Waals surface area contributed by atoms with Gasteiger partial charge in [-0.3, -0.25) is 4.90 Å². The smallest absolute Gasteiger partial charge is 0.355 e. The van der Waals surface area contributed by atoms with Gasteiger partial charge in [0.2, 0.25) is 0 Å². The van der Waals surface area contributed by atoms with E-state index < -0.39 is 11.9 Å². The minimum Gasteiger partial charge on any atom is -0.355 e. The first-order chi connectivity index (χ1) is 16.9. The average molecular weight is 530 g/mol. The van der Waals surface area contributed by atoms with E-state index in [0.29, 0.717) is 34.4 Å². The Morgan fingerprint density at radius 3 is 2.67 bits per heavy atom. The second-order valence-electron chi connectivity index (χ2n) is 8.53. The average Bonchev–Trinajstić information content (AvgIpc) is 3.29. The van der Waals surface area contributed by atoms with Gasteiger partial charge in [-0.15, -0.1) is 12.4 Å². The second-order valence-corrected chi connectivity index (χ2v) is 9.31. The van der Waals surface area contributed by atoms with Gasteiger partial charge in [0.25, 0.3) is 0 Å². The molecule has 0 radical (unpaired) electrons. The van der Waals surface area contributed by atoms with Crippen molar-refractivity contribution in [1.82, 2.24) is 14.9 Å². The number of hydrogen-bond acceptors (Lipinski definition) is 6. The van der Waals surface area contributed by atoms with Crippen molar-refractivity contribution in [1.29, 1.82) is 5.26 Å². The maximum Gasteiger partial charge on any atom is 0.433 e. The van der Waals surface area contributed by atoms with Crippen LogP contribution in [0.1, 0.15) is 23.2 Å². The van der Waals surface area contributed by atoms with E-state index in [9.17, 15) is 13.2 Å². The van der Waals surface area contributed by atoms with Gasteiger partial charge in [0.15, 0.2) is 0 Å². The molecular formula is C26H23ClF3N5S. The maximum absolute atomic E-state index is 13.5. The van der Waals surface area contributed by atoms with E-state index in [4.69, 9.17) is 10.2 Å². The Kier molecular flexibility index (Phi) is 7.79. The summed E-state index contributed by atoms with van der Waals surface area (Å²) in [6.07, 6.45) is -1.99. The summed E-state index contributed by atoms with van der Waals surface area (Å²) in [7, 11) is 0. The van der Waals surface area contributed by atoms with Crippen LogP contribution < -0.4 is 4.90 Å². The highest BCUT2D eigenvalue weighted by atomic mass is 35.5. The van der Waals surface area contributed by atoms with E-state index in [-0.39, 0.29) is 12.4 Å². The van der Waals surface area contributed by atoms with Gasteiger partial charge in [0.05, 0.1) is 17.1 Å². The van der Waals surface area contributed by atoms with Gasteiger partial charge in [-0.1, -0.05) is 12.1 Å². The third-order valence-electron chi connectivity index (χ3n) is 6.18. The fourth-order valence-electron chi connectivity index (χ4n) is 4.48. The van der Waals surface area contributed by atoms with E-state index in [2.05, 4.69) is 20.9 Å². The molecule has 1 fully saturated rings. The topological polar surface area (TPSA) is 56.1 Å². The third-order valence-corrected chi connectivity index (χ3v) is 6.86. The molecule has 36 heavy (non-hydrogen) atoms. The van der Waals surface area contributed by atoms with Crippen LogP contribution in [0.3, 0.4) is 0 Å². The zero-order chi connectivity index (χ0) is 24.4. The van der Waals surface area contributed by atoms with E-state index in [1.165, 1.54) is 17.4 Å². The Labute approximate surface area is 217 Å². The molecule has 5 rings (SSSR count). The highest BCUT2D eigenvalue weighted by Gasteiger charge is 2.33. The van der Waals surface area contributed by atoms with E-state index >= 15 is 0 Å². The third kappa shape index (κ3) is 5.46. The maximum atomic E-state index is 13.5. The Hall–Kier alpha value is -3.19. The molecule has 0 atom stereocenters. The number of aromatic nitrogens is 2. The largest absolute Gasteiger partial charge is 0.433 e. The number of nitrogens with zero attached hydrogens (tertiary/aromatic N) is 5. The molecule has 0 spiro atoms. The van der Waals surface area contributed by atoms with Crippen LogP contribution in [0.15, 0.2) is 59.4 Å². The molecule has 1 aromatic carbocycles. The number of hydrogen-bond donors (Lipinski definition) is 0. The molecule has 1 saturated heterocycles. The summed E-state index contributed by atoms with van der Waals surface area (Å²) >= 11 is 1.48. The zero-order valence-electron chi connectivity index (χ0n) is 19.2. The van der Waals surface area contributed by atoms with Crippen LogP contribution >= 0.6 is 23.7 Å². The summed E-state index contributed by atoms with van der Waals surface area (Å²) in [5.41, 5.74) is 2.56. The van der Waals surface area contributed by atoms with Gasteiger partial charge in [-0.2, -0.15) is 29.8 Å². The Morgan fingerprint density at radius 2 is 1.92 bits per heavy atom. The predicted molar refractivity (Wildman–Crippen MR) is 138 cm³/mol. The molecule has 4 heterocycles. The molecule has 0 saturated carbocycles. The van der Waals surface area contributed by atoms with Crippen molar-refractivity contribution in [3.63, 3.8) is 0 Å².